The molecule has 0 aromatic rings. The molecule has 0 fully saturated rings. The van der Waals surface area contributed by atoms with Gasteiger partial charge in [0.15, 0.2) is 0 Å². The Morgan fingerprint density at radius 3 is 1.85 bits per heavy atom. The van der Waals surface area contributed by atoms with Crippen LogP contribution in [0.25, 0.3) is 0 Å². The molecule has 0 spiro atoms. The van der Waals surface area contributed by atoms with Crippen LogP contribution >= 0.6 is 0 Å². The Morgan fingerprint density at radius 2 is 1.41 bits per heavy atom. The molecule has 0 bridgehead atoms. The number of hydrogen-bond donors (Lipinski definition) is 1. The normalized spacial score (nSPS) is 13.0. The number of amides is 2. The SMILES string of the molecule is CCCCNC(=O)[C@H](CC(=O)C(C)(C)C)N(C)C(=O)CCC(=O)C(C)(C)C. The molecular formula is C21H38N2O4. The second-order valence-electron chi connectivity index (χ2n) is 9.22. The lowest BCUT2D eigenvalue weighted by molar-refractivity contribution is -0.142. The van der Waals surface area contributed by atoms with Gasteiger partial charge in [0.1, 0.15) is 17.6 Å². The van der Waals surface area contributed by atoms with Gasteiger partial charge in [-0.05, 0) is 6.42 Å². The van der Waals surface area contributed by atoms with Crippen molar-refractivity contribution in [1.82, 2.24) is 10.2 Å². The summed E-state index contributed by atoms with van der Waals surface area (Å²) in [6.45, 7) is 13.4. The smallest absolute Gasteiger partial charge is 0.243 e. The Hall–Kier alpha value is -1.72. The molecule has 0 saturated heterocycles. The topological polar surface area (TPSA) is 83.6 Å². The number of nitrogens with one attached hydrogen (secondary N) is 1. The van der Waals surface area contributed by atoms with Gasteiger partial charge in [-0.15, -0.1) is 0 Å². The predicted molar refractivity (Wildman–Crippen MR) is 107 cm³/mol. The van der Waals surface area contributed by atoms with Crippen LogP contribution in [0.15, 0.2) is 0 Å². The summed E-state index contributed by atoms with van der Waals surface area (Å²) in [4.78, 5) is 51.0. The van der Waals surface area contributed by atoms with E-state index in [1.165, 1.54) is 11.9 Å². The van der Waals surface area contributed by atoms with Crippen LogP contribution in [0.2, 0.25) is 0 Å². The highest BCUT2D eigenvalue weighted by molar-refractivity contribution is 5.95. The minimum absolute atomic E-state index is 0.000958. The fourth-order valence-electron chi connectivity index (χ4n) is 2.34. The minimum Gasteiger partial charge on any atom is -0.354 e. The van der Waals surface area contributed by atoms with Crippen LogP contribution < -0.4 is 5.32 Å². The van der Waals surface area contributed by atoms with E-state index in [-0.39, 0.29) is 42.6 Å². The van der Waals surface area contributed by atoms with Crippen LogP contribution in [-0.2, 0) is 19.2 Å². The first kappa shape index (κ1) is 25.3. The fraction of sp³-hybridized carbons (Fsp3) is 0.810. The van der Waals surface area contributed by atoms with E-state index in [9.17, 15) is 19.2 Å². The molecule has 0 unspecified atom stereocenters. The van der Waals surface area contributed by atoms with E-state index in [1.54, 1.807) is 20.8 Å². The van der Waals surface area contributed by atoms with Crippen molar-refractivity contribution in [2.45, 2.75) is 86.6 Å². The Bertz CT molecular complexity index is 541. The maximum absolute atomic E-state index is 12.6. The summed E-state index contributed by atoms with van der Waals surface area (Å²) in [5.74, 6) is -0.702. The number of likely N-dealkylation sites (N-methyl/N-ethyl adjacent to an activating group) is 1. The number of ketones is 2. The zero-order valence-electron chi connectivity index (χ0n) is 18.4. The molecule has 0 aromatic heterocycles. The van der Waals surface area contributed by atoms with Gasteiger partial charge in [-0.1, -0.05) is 54.9 Å². The number of unbranched alkanes of at least 4 members (excludes halogenated alkanes) is 1. The molecule has 0 radical (unpaired) electrons. The van der Waals surface area contributed by atoms with Crippen molar-refractivity contribution in [2.75, 3.05) is 13.6 Å². The zero-order valence-corrected chi connectivity index (χ0v) is 18.4. The Morgan fingerprint density at radius 1 is 0.889 bits per heavy atom. The predicted octanol–water partition coefficient (Wildman–Crippen LogP) is 3.13. The van der Waals surface area contributed by atoms with Crippen LogP contribution in [-0.4, -0.2) is 47.9 Å². The highest BCUT2D eigenvalue weighted by Gasteiger charge is 2.33. The number of Topliss-reactive ketones (excluding diaryl/α,β-unsaturated/α-hetero) is 2. The molecule has 6 heteroatoms. The molecule has 0 aliphatic carbocycles. The molecule has 0 aromatic carbocycles. The zero-order chi connectivity index (χ0) is 21.4. The van der Waals surface area contributed by atoms with Crippen molar-refractivity contribution >= 4 is 23.4 Å². The molecule has 156 valence electrons. The fourth-order valence-corrected chi connectivity index (χ4v) is 2.34. The van der Waals surface area contributed by atoms with E-state index in [2.05, 4.69) is 5.32 Å². The molecule has 0 rings (SSSR count). The average molecular weight is 383 g/mol. The number of nitrogens with zero attached hydrogens (tertiary/aromatic N) is 1. The monoisotopic (exact) mass is 382 g/mol. The number of carbonyl (C=O) groups is 4. The van der Waals surface area contributed by atoms with E-state index < -0.39 is 16.9 Å². The van der Waals surface area contributed by atoms with E-state index in [4.69, 9.17) is 0 Å². The van der Waals surface area contributed by atoms with Gasteiger partial charge in [-0.25, -0.2) is 0 Å². The van der Waals surface area contributed by atoms with Crippen molar-refractivity contribution in [3.05, 3.63) is 0 Å². The second-order valence-corrected chi connectivity index (χ2v) is 9.22. The van der Waals surface area contributed by atoms with Gasteiger partial charge >= 0.3 is 0 Å². The Balaban J connectivity index is 5.16. The molecule has 0 saturated carbocycles. The maximum Gasteiger partial charge on any atom is 0.243 e. The summed E-state index contributed by atoms with van der Waals surface area (Å²) in [5, 5.41) is 2.81. The van der Waals surface area contributed by atoms with Crippen molar-refractivity contribution < 1.29 is 19.2 Å². The van der Waals surface area contributed by atoms with Crippen molar-refractivity contribution in [1.29, 1.82) is 0 Å². The Labute approximate surface area is 164 Å². The second kappa shape index (κ2) is 10.6. The molecule has 2 amide bonds. The largest absolute Gasteiger partial charge is 0.354 e. The van der Waals surface area contributed by atoms with Gasteiger partial charge < -0.3 is 10.2 Å². The molecule has 0 heterocycles. The highest BCUT2D eigenvalue weighted by Crippen LogP contribution is 2.21. The summed E-state index contributed by atoms with van der Waals surface area (Å²) >= 11 is 0. The lowest BCUT2D eigenvalue weighted by Gasteiger charge is -2.29. The standard InChI is InChI=1S/C21H38N2O4/c1-9-10-13-22-19(27)15(14-17(25)21(5,6)7)23(8)18(26)12-11-16(24)20(2,3)4/h15H,9-14H2,1-8H3,(H,22,27)/t15-/m0/s1. The van der Waals surface area contributed by atoms with Gasteiger partial charge in [0.2, 0.25) is 11.8 Å². The molecule has 27 heavy (non-hydrogen) atoms. The quantitative estimate of drug-likeness (QED) is 0.588. The summed E-state index contributed by atoms with van der Waals surface area (Å²) in [5.41, 5.74) is -1.09. The van der Waals surface area contributed by atoms with Crippen molar-refractivity contribution in [3.8, 4) is 0 Å². The lowest BCUT2D eigenvalue weighted by Crippen LogP contribution is -2.50. The molecule has 0 aliphatic rings. The summed E-state index contributed by atoms with van der Waals surface area (Å²) < 4.78 is 0. The van der Waals surface area contributed by atoms with Crippen molar-refractivity contribution in [2.24, 2.45) is 10.8 Å². The average Bonchev–Trinajstić information content (AvgIpc) is 2.54. The summed E-state index contributed by atoms with van der Waals surface area (Å²) in [6, 6.07) is -0.856. The summed E-state index contributed by atoms with van der Waals surface area (Å²) in [7, 11) is 1.53. The van der Waals surface area contributed by atoms with Crippen LogP contribution in [0.3, 0.4) is 0 Å². The van der Waals surface area contributed by atoms with Gasteiger partial charge in [0.25, 0.3) is 0 Å². The van der Waals surface area contributed by atoms with E-state index in [0.717, 1.165) is 12.8 Å². The lowest BCUT2D eigenvalue weighted by atomic mass is 9.86. The van der Waals surface area contributed by atoms with Crippen LogP contribution in [0, 0.1) is 10.8 Å². The van der Waals surface area contributed by atoms with Crippen LogP contribution in [0.4, 0.5) is 0 Å². The first-order valence-electron chi connectivity index (χ1n) is 9.81. The number of carbonyl (C=O) groups excluding carboxylic acids is 4. The third-order valence-electron chi connectivity index (χ3n) is 4.61. The first-order chi connectivity index (χ1) is 12.2. The van der Waals surface area contributed by atoms with E-state index in [1.807, 2.05) is 27.7 Å². The Kier molecular flexibility index (Phi) is 9.90. The maximum atomic E-state index is 12.6. The molecule has 1 N–H and O–H groups in total. The third-order valence-corrected chi connectivity index (χ3v) is 4.61. The van der Waals surface area contributed by atoms with Gasteiger partial charge in [-0.2, -0.15) is 0 Å². The van der Waals surface area contributed by atoms with Gasteiger partial charge in [-0.3, -0.25) is 19.2 Å². The summed E-state index contributed by atoms with van der Waals surface area (Å²) in [6.07, 6.45) is 1.91. The highest BCUT2D eigenvalue weighted by atomic mass is 16.2. The van der Waals surface area contributed by atoms with Gasteiger partial charge in [0, 0.05) is 43.7 Å². The molecule has 6 nitrogen and oxygen atoms in total. The van der Waals surface area contributed by atoms with Crippen LogP contribution in [0.5, 0.6) is 0 Å². The van der Waals surface area contributed by atoms with Crippen molar-refractivity contribution in [3.63, 3.8) is 0 Å². The minimum atomic E-state index is -0.856. The molecule has 0 aliphatic heterocycles. The number of rotatable bonds is 10. The first-order valence-corrected chi connectivity index (χ1v) is 9.81. The third kappa shape index (κ3) is 9.16. The number of hydrogen-bond acceptors (Lipinski definition) is 4. The van der Waals surface area contributed by atoms with E-state index in [0.29, 0.717) is 6.54 Å². The van der Waals surface area contributed by atoms with E-state index >= 15 is 0 Å². The van der Waals surface area contributed by atoms with Gasteiger partial charge in [0.05, 0.1) is 0 Å². The molecular weight excluding hydrogens is 344 g/mol. The molecule has 1 atom stereocenters. The van der Waals surface area contributed by atoms with Crippen LogP contribution in [0.1, 0.15) is 80.6 Å².